The lowest BCUT2D eigenvalue weighted by atomic mass is 10.00. The maximum absolute atomic E-state index is 6.12. The van der Waals surface area contributed by atoms with Crippen LogP contribution in [0.5, 0.6) is 0 Å². The molecule has 1 N–H and O–H groups in total. The van der Waals surface area contributed by atoms with Gasteiger partial charge in [-0.3, -0.25) is 4.99 Å². The number of aryl methyl sites for hydroxylation is 3. The van der Waals surface area contributed by atoms with E-state index in [4.69, 9.17) is 4.74 Å². The fourth-order valence-electron chi connectivity index (χ4n) is 4.34. The predicted molar refractivity (Wildman–Crippen MR) is 129 cm³/mol. The Kier molecular flexibility index (Phi) is 6.90. The van der Waals surface area contributed by atoms with Crippen LogP contribution in [0.15, 0.2) is 59.9 Å². The number of imidazole rings is 1. The topological polar surface area (TPSA) is 54.7 Å². The minimum atomic E-state index is 0.0599. The molecule has 4 rings (SSSR count). The molecular formula is C26H33N5O. The predicted octanol–water partition coefficient (Wildman–Crippen LogP) is 4.01. The Morgan fingerprint density at radius 3 is 2.75 bits per heavy atom. The number of morpholine rings is 1. The summed E-state index contributed by atoms with van der Waals surface area (Å²) in [7, 11) is 1.85. The average molecular weight is 432 g/mol. The molecule has 6 nitrogen and oxygen atoms in total. The molecule has 0 amide bonds. The molecule has 2 aromatic carbocycles. The molecule has 0 bridgehead atoms. The minimum Gasteiger partial charge on any atom is -0.370 e. The van der Waals surface area contributed by atoms with Gasteiger partial charge in [-0.15, -0.1) is 0 Å². The molecule has 0 aliphatic carbocycles. The third kappa shape index (κ3) is 5.19. The Morgan fingerprint density at radius 1 is 1.16 bits per heavy atom. The number of aliphatic imine (C=N–C) groups is 1. The van der Waals surface area contributed by atoms with Crippen molar-refractivity contribution < 1.29 is 4.74 Å². The zero-order chi connectivity index (χ0) is 22.5. The molecule has 1 saturated heterocycles. The van der Waals surface area contributed by atoms with Gasteiger partial charge in [0.1, 0.15) is 11.9 Å². The molecule has 168 valence electrons. The zero-order valence-corrected chi connectivity index (χ0v) is 19.5. The number of nitrogens with one attached hydrogen (secondary N) is 1. The van der Waals surface area contributed by atoms with E-state index in [-0.39, 0.29) is 6.10 Å². The van der Waals surface area contributed by atoms with Crippen LogP contribution in [0.4, 0.5) is 0 Å². The highest BCUT2D eigenvalue weighted by atomic mass is 16.5. The molecule has 1 fully saturated rings. The number of hydrogen-bond donors (Lipinski definition) is 1. The first-order valence-corrected chi connectivity index (χ1v) is 11.2. The van der Waals surface area contributed by atoms with Crippen LogP contribution in [0, 0.1) is 20.8 Å². The second kappa shape index (κ2) is 10.0. The fraction of sp³-hybridized carbons (Fsp3) is 0.385. The van der Waals surface area contributed by atoms with Crippen molar-refractivity contribution in [2.24, 2.45) is 4.99 Å². The number of hydrogen-bond acceptors (Lipinski definition) is 3. The van der Waals surface area contributed by atoms with E-state index in [1.54, 1.807) is 0 Å². The van der Waals surface area contributed by atoms with Gasteiger partial charge in [0.15, 0.2) is 5.96 Å². The molecule has 0 saturated carbocycles. The van der Waals surface area contributed by atoms with Crippen molar-refractivity contribution in [1.82, 2.24) is 19.8 Å². The summed E-state index contributed by atoms with van der Waals surface area (Å²) in [4.78, 5) is 11.2. The van der Waals surface area contributed by atoms with Gasteiger partial charge in [0.05, 0.1) is 13.2 Å². The first-order chi connectivity index (χ1) is 15.5. The Hall–Kier alpha value is -3.12. The fourth-order valence-corrected chi connectivity index (χ4v) is 4.34. The van der Waals surface area contributed by atoms with Gasteiger partial charge in [-0.2, -0.15) is 0 Å². The van der Waals surface area contributed by atoms with E-state index in [1.807, 2.05) is 26.4 Å². The Balaban J connectivity index is 1.39. The smallest absolute Gasteiger partial charge is 0.194 e. The van der Waals surface area contributed by atoms with Crippen LogP contribution < -0.4 is 5.32 Å². The Morgan fingerprint density at radius 2 is 2.00 bits per heavy atom. The second-order valence-corrected chi connectivity index (χ2v) is 8.49. The standard InChI is InChI=1S/C26H33N5O/c1-19-8-9-24(20(2)14-19)25-18-31(12-13-32-25)26(27-4)29-16-22-6-5-7-23(15-22)17-30-11-10-28-21(30)3/h5-11,14-15,25H,12-13,16-18H2,1-4H3,(H,27,29). The third-order valence-corrected chi connectivity index (χ3v) is 6.07. The molecule has 1 atom stereocenters. The summed E-state index contributed by atoms with van der Waals surface area (Å²) < 4.78 is 8.27. The van der Waals surface area contributed by atoms with Crippen LogP contribution in [-0.2, 0) is 17.8 Å². The van der Waals surface area contributed by atoms with Crippen LogP contribution in [-0.4, -0.2) is 47.2 Å². The van der Waals surface area contributed by atoms with Crippen LogP contribution in [0.2, 0.25) is 0 Å². The van der Waals surface area contributed by atoms with Gasteiger partial charge in [0.2, 0.25) is 0 Å². The molecule has 0 spiro atoms. The van der Waals surface area contributed by atoms with Crippen LogP contribution in [0.3, 0.4) is 0 Å². The summed E-state index contributed by atoms with van der Waals surface area (Å²) in [5.41, 5.74) is 6.33. The first kappa shape index (κ1) is 22.1. The van der Waals surface area contributed by atoms with E-state index in [0.717, 1.165) is 38.0 Å². The first-order valence-electron chi connectivity index (χ1n) is 11.2. The van der Waals surface area contributed by atoms with Gasteiger partial charge in [-0.25, -0.2) is 4.98 Å². The van der Waals surface area contributed by atoms with Gasteiger partial charge in [-0.1, -0.05) is 48.0 Å². The lowest BCUT2D eigenvalue weighted by molar-refractivity contribution is -0.00834. The number of rotatable bonds is 5. The number of benzene rings is 2. The van der Waals surface area contributed by atoms with Gasteiger partial charge in [-0.05, 0) is 43.0 Å². The van der Waals surface area contributed by atoms with Crippen molar-refractivity contribution in [2.75, 3.05) is 26.7 Å². The van der Waals surface area contributed by atoms with Crippen molar-refractivity contribution in [2.45, 2.75) is 40.0 Å². The van der Waals surface area contributed by atoms with Gasteiger partial charge < -0.3 is 19.5 Å². The number of nitrogens with zero attached hydrogens (tertiary/aromatic N) is 4. The summed E-state index contributed by atoms with van der Waals surface area (Å²) in [6, 6.07) is 15.3. The van der Waals surface area contributed by atoms with E-state index in [1.165, 1.54) is 27.8 Å². The second-order valence-electron chi connectivity index (χ2n) is 8.49. The van der Waals surface area contributed by atoms with Gasteiger partial charge in [0.25, 0.3) is 0 Å². The van der Waals surface area contributed by atoms with Crippen LogP contribution in [0.1, 0.15) is 39.7 Å². The van der Waals surface area contributed by atoms with Crippen molar-refractivity contribution >= 4 is 5.96 Å². The third-order valence-electron chi connectivity index (χ3n) is 6.07. The van der Waals surface area contributed by atoms with Crippen molar-refractivity contribution in [1.29, 1.82) is 0 Å². The van der Waals surface area contributed by atoms with Crippen molar-refractivity contribution in [3.63, 3.8) is 0 Å². The maximum Gasteiger partial charge on any atom is 0.194 e. The van der Waals surface area contributed by atoms with Crippen molar-refractivity contribution in [3.8, 4) is 0 Å². The summed E-state index contributed by atoms with van der Waals surface area (Å²) in [6.07, 6.45) is 3.93. The highest BCUT2D eigenvalue weighted by Crippen LogP contribution is 2.26. The molecule has 1 unspecified atom stereocenters. The number of aromatic nitrogens is 2. The summed E-state index contributed by atoms with van der Waals surface area (Å²) in [5.74, 6) is 1.94. The number of guanidine groups is 1. The Bertz CT molecular complexity index is 1090. The van der Waals surface area contributed by atoms with Gasteiger partial charge in [0, 0.05) is 39.1 Å². The molecule has 0 radical (unpaired) electrons. The van der Waals surface area contributed by atoms with Crippen molar-refractivity contribution in [3.05, 3.63) is 88.5 Å². The average Bonchev–Trinajstić information content (AvgIpc) is 3.19. The molecule has 2 heterocycles. The molecule has 3 aromatic rings. The summed E-state index contributed by atoms with van der Waals surface area (Å²) >= 11 is 0. The largest absolute Gasteiger partial charge is 0.370 e. The molecule has 1 aromatic heterocycles. The van der Waals surface area contributed by atoms with Crippen LogP contribution in [0.25, 0.3) is 0 Å². The molecule has 6 heteroatoms. The minimum absolute atomic E-state index is 0.0599. The SMILES string of the molecule is CN=C(NCc1cccc(Cn2ccnc2C)c1)N1CCOC(c2ccc(C)cc2C)C1. The quantitative estimate of drug-likeness (QED) is 0.490. The molecule has 1 aliphatic heterocycles. The van der Waals surface area contributed by atoms with E-state index < -0.39 is 0 Å². The van der Waals surface area contributed by atoms with E-state index in [9.17, 15) is 0 Å². The molecule has 32 heavy (non-hydrogen) atoms. The highest BCUT2D eigenvalue weighted by Gasteiger charge is 2.25. The highest BCUT2D eigenvalue weighted by molar-refractivity contribution is 5.80. The van der Waals surface area contributed by atoms with E-state index >= 15 is 0 Å². The Labute approximate surface area is 191 Å². The molecular weight excluding hydrogens is 398 g/mol. The van der Waals surface area contributed by atoms with Gasteiger partial charge >= 0.3 is 0 Å². The maximum atomic E-state index is 6.12. The van der Waals surface area contributed by atoms with Crippen LogP contribution >= 0.6 is 0 Å². The lowest BCUT2D eigenvalue weighted by Crippen LogP contribution is -2.48. The molecule has 1 aliphatic rings. The normalized spacial score (nSPS) is 16.9. The summed E-state index contributed by atoms with van der Waals surface area (Å²) in [6.45, 7) is 10.2. The summed E-state index contributed by atoms with van der Waals surface area (Å²) in [5, 5.41) is 3.55. The number of ether oxygens (including phenoxy) is 1. The zero-order valence-electron chi connectivity index (χ0n) is 19.5. The monoisotopic (exact) mass is 431 g/mol. The van der Waals surface area contributed by atoms with E-state index in [2.05, 4.69) is 81.1 Å². The van der Waals surface area contributed by atoms with E-state index in [0.29, 0.717) is 6.61 Å². The lowest BCUT2D eigenvalue weighted by Gasteiger charge is -2.36.